The molecule has 0 radical (unpaired) electrons. The SMILES string of the molecule is CCCCCCCCCCC(C(=O)c1ccccc1)N1CCCCC1.Cl. The van der Waals surface area contributed by atoms with Gasteiger partial charge in [-0.15, -0.1) is 12.4 Å². The third kappa shape index (κ3) is 8.22. The average molecular weight is 380 g/mol. The van der Waals surface area contributed by atoms with Crippen LogP contribution in [-0.4, -0.2) is 29.8 Å². The number of hydrogen-bond acceptors (Lipinski definition) is 2. The maximum atomic E-state index is 13.0. The number of carbonyl (C=O) groups excluding carboxylic acids is 1. The first-order chi connectivity index (χ1) is 12.3. The molecule has 1 unspecified atom stereocenters. The first-order valence-electron chi connectivity index (χ1n) is 10.7. The number of rotatable bonds is 12. The third-order valence-corrected chi connectivity index (χ3v) is 5.52. The zero-order valence-electron chi connectivity index (χ0n) is 16.6. The van der Waals surface area contributed by atoms with E-state index >= 15 is 0 Å². The Morgan fingerprint density at radius 3 is 2.08 bits per heavy atom. The Morgan fingerprint density at radius 2 is 1.46 bits per heavy atom. The summed E-state index contributed by atoms with van der Waals surface area (Å²) >= 11 is 0. The monoisotopic (exact) mass is 379 g/mol. The molecule has 3 heteroatoms. The predicted octanol–water partition coefficient (Wildman–Crippen LogP) is 6.68. The summed E-state index contributed by atoms with van der Waals surface area (Å²) in [6.07, 6.45) is 15.5. The molecule has 0 amide bonds. The van der Waals surface area contributed by atoms with Crippen molar-refractivity contribution in [2.75, 3.05) is 13.1 Å². The second kappa shape index (κ2) is 14.2. The Labute approximate surface area is 167 Å². The number of halogens is 1. The van der Waals surface area contributed by atoms with Gasteiger partial charge in [0, 0.05) is 5.56 Å². The molecule has 0 aliphatic carbocycles. The summed E-state index contributed by atoms with van der Waals surface area (Å²) in [5.41, 5.74) is 0.887. The minimum atomic E-state index is 0. The van der Waals surface area contributed by atoms with E-state index in [0.717, 1.165) is 25.1 Å². The summed E-state index contributed by atoms with van der Waals surface area (Å²) in [6.45, 7) is 4.46. The molecule has 26 heavy (non-hydrogen) atoms. The van der Waals surface area contributed by atoms with Gasteiger partial charge in [0.25, 0.3) is 0 Å². The summed E-state index contributed by atoms with van der Waals surface area (Å²) < 4.78 is 0. The molecule has 1 fully saturated rings. The molecular weight excluding hydrogens is 342 g/mol. The molecule has 1 atom stereocenters. The van der Waals surface area contributed by atoms with Crippen LogP contribution >= 0.6 is 12.4 Å². The van der Waals surface area contributed by atoms with E-state index in [1.54, 1.807) is 0 Å². The van der Waals surface area contributed by atoms with Gasteiger partial charge in [-0.05, 0) is 32.4 Å². The van der Waals surface area contributed by atoms with Gasteiger partial charge in [-0.1, -0.05) is 95.0 Å². The molecule has 1 aromatic rings. The Bertz CT molecular complexity index is 470. The fourth-order valence-electron chi connectivity index (χ4n) is 3.98. The highest BCUT2D eigenvalue weighted by Gasteiger charge is 2.27. The number of likely N-dealkylation sites (tertiary alicyclic amines) is 1. The van der Waals surface area contributed by atoms with Crippen molar-refractivity contribution < 1.29 is 4.79 Å². The number of hydrogen-bond donors (Lipinski definition) is 0. The highest BCUT2D eigenvalue weighted by atomic mass is 35.5. The second-order valence-corrected chi connectivity index (χ2v) is 7.61. The van der Waals surface area contributed by atoms with Crippen molar-refractivity contribution in [3.8, 4) is 0 Å². The van der Waals surface area contributed by atoms with Gasteiger partial charge in [0.05, 0.1) is 6.04 Å². The normalized spacial score (nSPS) is 16.0. The standard InChI is InChI=1S/C23H37NO.ClH/c1-2-3-4-5-6-7-8-13-18-22(24-19-14-10-15-20-24)23(25)21-16-11-9-12-17-21;/h9,11-12,16-17,22H,2-8,10,13-15,18-20H2,1H3;1H. The molecule has 0 aromatic heterocycles. The van der Waals surface area contributed by atoms with Gasteiger partial charge in [0.2, 0.25) is 0 Å². The number of nitrogens with zero attached hydrogens (tertiary/aromatic N) is 1. The van der Waals surface area contributed by atoms with Crippen LogP contribution in [0.1, 0.15) is 94.3 Å². The molecule has 2 rings (SSSR count). The number of ketones is 1. The van der Waals surface area contributed by atoms with Crippen LogP contribution in [0.15, 0.2) is 30.3 Å². The Morgan fingerprint density at radius 1 is 0.885 bits per heavy atom. The van der Waals surface area contributed by atoms with E-state index in [9.17, 15) is 4.79 Å². The molecule has 1 aliphatic heterocycles. The van der Waals surface area contributed by atoms with Crippen molar-refractivity contribution in [1.82, 2.24) is 4.90 Å². The minimum Gasteiger partial charge on any atom is -0.293 e. The third-order valence-electron chi connectivity index (χ3n) is 5.52. The van der Waals surface area contributed by atoms with Crippen molar-refractivity contribution in [2.45, 2.75) is 90.0 Å². The van der Waals surface area contributed by atoms with E-state index in [1.807, 2.05) is 30.3 Å². The summed E-state index contributed by atoms with van der Waals surface area (Å²) in [5, 5.41) is 0. The highest BCUT2D eigenvalue weighted by molar-refractivity contribution is 6.00. The van der Waals surface area contributed by atoms with Crippen LogP contribution in [0.3, 0.4) is 0 Å². The lowest BCUT2D eigenvalue weighted by Gasteiger charge is -2.33. The number of benzene rings is 1. The van der Waals surface area contributed by atoms with E-state index in [4.69, 9.17) is 0 Å². The van der Waals surface area contributed by atoms with Gasteiger partial charge < -0.3 is 0 Å². The van der Waals surface area contributed by atoms with E-state index < -0.39 is 0 Å². The number of Topliss-reactive ketones (excluding diaryl/α,β-unsaturated/α-hetero) is 1. The fraction of sp³-hybridized carbons (Fsp3) is 0.696. The highest BCUT2D eigenvalue weighted by Crippen LogP contribution is 2.21. The first-order valence-corrected chi connectivity index (χ1v) is 10.7. The van der Waals surface area contributed by atoms with Gasteiger partial charge in [-0.2, -0.15) is 0 Å². The number of unbranched alkanes of at least 4 members (excludes halogenated alkanes) is 7. The van der Waals surface area contributed by atoms with Crippen molar-refractivity contribution in [1.29, 1.82) is 0 Å². The molecule has 1 heterocycles. The molecule has 1 aliphatic rings. The smallest absolute Gasteiger partial charge is 0.179 e. The maximum absolute atomic E-state index is 13.0. The molecule has 2 nitrogen and oxygen atoms in total. The van der Waals surface area contributed by atoms with Gasteiger partial charge in [0.15, 0.2) is 5.78 Å². The van der Waals surface area contributed by atoms with Crippen LogP contribution in [0.4, 0.5) is 0 Å². The van der Waals surface area contributed by atoms with E-state index in [2.05, 4.69) is 11.8 Å². The summed E-state index contributed by atoms with van der Waals surface area (Å²) in [4.78, 5) is 15.5. The van der Waals surface area contributed by atoms with Crippen LogP contribution in [-0.2, 0) is 0 Å². The van der Waals surface area contributed by atoms with E-state index in [1.165, 1.54) is 70.6 Å². The average Bonchev–Trinajstić information content (AvgIpc) is 2.68. The molecule has 0 N–H and O–H groups in total. The zero-order chi connectivity index (χ0) is 17.7. The van der Waals surface area contributed by atoms with Crippen LogP contribution in [0.25, 0.3) is 0 Å². The molecule has 0 spiro atoms. The molecule has 0 bridgehead atoms. The zero-order valence-corrected chi connectivity index (χ0v) is 17.4. The Kier molecular flexibility index (Phi) is 12.7. The lowest BCUT2D eigenvalue weighted by atomic mass is 9.95. The molecule has 148 valence electrons. The van der Waals surface area contributed by atoms with Gasteiger partial charge >= 0.3 is 0 Å². The van der Waals surface area contributed by atoms with Crippen LogP contribution in [0.2, 0.25) is 0 Å². The largest absolute Gasteiger partial charge is 0.293 e. The van der Waals surface area contributed by atoms with E-state index in [0.29, 0.717) is 5.78 Å². The topological polar surface area (TPSA) is 20.3 Å². The molecule has 1 aromatic carbocycles. The van der Waals surface area contributed by atoms with Crippen LogP contribution < -0.4 is 0 Å². The van der Waals surface area contributed by atoms with Gasteiger partial charge in [0.1, 0.15) is 0 Å². The van der Waals surface area contributed by atoms with Crippen LogP contribution in [0, 0.1) is 0 Å². The Balaban J connectivity index is 0.00000338. The minimum absolute atomic E-state index is 0. The van der Waals surface area contributed by atoms with Crippen molar-refractivity contribution in [3.63, 3.8) is 0 Å². The van der Waals surface area contributed by atoms with Gasteiger partial charge in [-0.3, -0.25) is 9.69 Å². The second-order valence-electron chi connectivity index (χ2n) is 7.61. The molecular formula is C23H38ClNO. The van der Waals surface area contributed by atoms with E-state index in [-0.39, 0.29) is 18.4 Å². The quantitative estimate of drug-likeness (QED) is 0.298. The summed E-state index contributed by atoms with van der Waals surface area (Å²) in [7, 11) is 0. The number of piperidine rings is 1. The summed E-state index contributed by atoms with van der Waals surface area (Å²) in [6, 6.07) is 10.0. The van der Waals surface area contributed by atoms with Gasteiger partial charge in [-0.25, -0.2) is 0 Å². The lowest BCUT2D eigenvalue weighted by Crippen LogP contribution is -2.44. The molecule has 0 saturated carbocycles. The maximum Gasteiger partial charge on any atom is 0.179 e. The lowest BCUT2D eigenvalue weighted by molar-refractivity contribution is 0.0764. The molecule has 1 saturated heterocycles. The van der Waals surface area contributed by atoms with Crippen molar-refractivity contribution in [2.24, 2.45) is 0 Å². The first kappa shape index (κ1) is 23.2. The number of carbonyl (C=O) groups is 1. The fourth-order valence-corrected chi connectivity index (χ4v) is 3.98. The van der Waals surface area contributed by atoms with Crippen LogP contribution in [0.5, 0.6) is 0 Å². The Hall–Kier alpha value is -0.860. The van der Waals surface area contributed by atoms with Crippen molar-refractivity contribution in [3.05, 3.63) is 35.9 Å². The predicted molar refractivity (Wildman–Crippen MR) is 114 cm³/mol. The van der Waals surface area contributed by atoms with Crippen molar-refractivity contribution >= 4 is 18.2 Å². The summed E-state index contributed by atoms with van der Waals surface area (Å²) in [5.74, 6) is 0.338.